The van der Waals surface area contributed by atoms with Crippen LogP contribution in [0, 0.1) is 6.92 Å². The highest BCUT2D eigenvalue weighted by Gasteiger charge is 2.31. The van der Waals surface area contributed by atoms with Crippen molar-refractivity contribution < 1.29 is 22.7 Å². The van der Waals surface area contributed by atoms with Crippen molar-refractivity contribution in [2.75, 3.05) is 47.2 Å². The molecule has 3 aromatic carbocycles. The Balaban J connectivity index is 1.16. The third-order valence-corrected chi connectivity index (χ3v) is 7.25. The molecular weight excluding hydrogens is 585 g/mol. The predicted octanol–water partition coefficient (Wildman–Crippen LogP) is 6.57. The maximum atomic E-state index is 13.1. The molecule has 0 radical (unpaired) electrons. The van der Waals surface area contributed by atoms with Gasteiger partial charge in [0.2, 0.25) is 5.95 Å². The Morgan fingerprint density at radius 2 is 1.67 bits per heavy atom. The van der Waals surface area contributed by atoms with Crippen molar-refractivity contribution in [3.05, 3.63) is 108 Å². The molecule has 13 heteroatoms. The summed E-state index contributed by atoms with van der Waals surface area (Å²) in [6.07, 6.45) is 0.282. The summed E-state index contributed by atoms with van der Waals surface area (Å²) in [5.74, 6) is 0.950. The van der Waals surface area contributed by atoms with Gasteiger partial charge in [0.25, 0.3) is 5.91 Å². The van der Waals surface area contributed by atoms with Crippen molar-refractivity contribution in [2.45, 2.75) is 13.1 Å². The van der Waals surface area contributed by atoms with Crippen LogP contribution in [0.4, 0.5) is 47.7 Å². The number of aryl methyl sites for hydroxylation is 1. The Morgan fingerprint density at radius 1 is 0.889 bits per heavy atom. The second kappa shape index (κ2) is 12.7. The van der Waals surface area contributed by atoms with E-state index in [1.54, 1.807) is 41.2 Å². The Hall–Kier alpha value is -5.43. The van der Waals surface area contributed by atoms with E-state index in [9.17, 15) is 18.0 Å². The summed E-state index contributed by atoms with van der Waals surface area (Å²) in [4.78, 5) is 28.2. The van der Waals surface area contributed by atoms with Crippen molar-refractivity contribution in [3.63, 3.8) is 0 Å². The van der Waals surface area contributed by atoms with Gasteiger partial charge in [-0.05, 0) is 67.1 Å². The first-order valence-corrected chi connectivity index (χ1v) is 14.1. The third kappa shape index (κ3) is 7.04. The molecule has 1 amide bonds. The molecule has 5 aromatic rings. The number of carbonyl (C=O) groups excluding carboxylic acids is 1. The van der Waals surface area contributed by atoms with E-state index < -0.39 is 17.6 Å². The monoisotopic (exact) mass is 614 g/mol. The largest absolute Gasteiger partial charge is 0.416 e. The molecule has 0 unspecified atom stereocenters. The van der Waals surface area contributed by atoms with Crippen LogP contribution >= 0.6 is 0 Å². The van der Waals surface area contributed by atoms with Crippen LogP contribution in [0.25, 0.3) is 5.82 Å². The smallest absolute Gasteiger partial charge is 0.378 e. The fourth-order valence-corrected chi connectivity index (χ4v) is 4.85. The number of amides is 1. The molecule has 0 spiro atoms. The first kappa shape index (κ1) is 29.6. The third-order valence-electron chi connectivity index (χ3n) is 7.25. The van der Waals surface area contributed by atoms with Crippen LogP contribution in [0.2, 0.25) is 0 Å². The number of nitrogens with zero attached hydrogens (tertiary/aromatic N) is 5. The summed E-state index contributed by atoms with van der Waals surface area (Å²) < 4.78 is 46.5. The Bertz CT molecular complexity index is 1800. The van der Waals surface area contributed by atoms with Crippen molar-refractivity contribution in [1.29, 1.82) is 0 Å². The molecule has 1 fully saturated rings. The van der Waals surface area contributed by atoms with Crippen LogP contribution in [0.1, 0.15) is 21.5 Å². The Morgan fingerprint density at radius 3 is 2.44 bits per heavy atom. The quantitative estimate of drug-likeness (QED) is 0.180. The molecule has 0 atom stereocenters. The lowest BCUT2D eigenvalue weighted by Crippen LogP contribution is -2.36. The normalized spacial score (nSPS) is 13.4. The van der Waals surface area contributed by atoms with Crippen molar-refractivity contribution in [3.8, 4) is 5.82 Å². The van der Waals surface area contributed by atoms with Gasteiger partial charge in [0, 0.05) is 59.9 Å². The summed E-state index contributed by atoms with van der Waals surface area (Å²) >= 11 is 0. The lowest BCUT2D eigenvalue weighted by Gasteiger charge is -2.28. The van der Waals surface area contributed by atoms with Gasteiger partial charge in [-0.3, -0.25) is 9.36 Å². The Labute approximate surface area is 256 Å². The number of morpholine rings is 1. The molecule has 45 heavy (non-hydrogen) atoms. The fraction of sp³-hybridized carbons (Fsp3) is 0.188. The zero-order valence-corrected chi connectivity index (χ0v) is 24.2. The van der Waals surface area contributed by atoms with Gasteiger partial charge in [-0.25, -0.2) is 15.0 Å². The summed E-state index contributed by atoms with van der Waals surface area (Å²) in [5, 5.41) is 9.25. The molecule has 3 N–H and O–H groups in total. The van der Waals surface area contributed by atoms with Crippen LogP contribution < -0.4 is 20.9 Å². The van der Waals surface area contributed by atoms with Gasteiger partial charge in [-0.2, -0.15) is 13.2 Å². The fourth-order valence-electron chi connectivity index (χ4n) is 4.85. The van der Waals surface area contributed by atoms with Gasteiger partial charge < -0.3 is 25.6 Å². The van der Waals surface area contributed by atoms with Crippen LogP contribution in [0.3, 0.4) is 0 Å². The van der Waals surface area contributed by atoms with Crippen LogP contribution in [0.5, 0.6) is 0 Å². The number of benzene rings is 3. The number of anilines is 6. The molecule has 10 nitrogen and oxygen atoms in total. The van der Waals surface area contributed by atoms with E-state index in [4.69, 9.17) is 4.74 Å². The van der Waals surface area contributed by atoms with Crippen molar-refractivity contribution in [2.24, 2.45) is 0 Å². The molecule has 230 valence electrons. The van der Waals surface area contributed by atoms with E-state index in [0.29, 0.717) is 29.0 Å². The molecule has 2 aromatic heterocycles. The number of hydrogen-bond donors (Lipinski definition) is 3. The Kier molecular flexibility index (Phi) is 8.34. The number of nitrogens with one attached hydrogen (secondary N) is 3. The lowest BCUT2D eigenvalue weighted by atomic mass is 10.1. The first-order valence-electron chi connectivity index (χ1n) is 14.1. The van der Waals surface area contributed by atoms with Gasteiger partial charge in [0.15, 0.2) is 0 Å². The SMILES string of the molecule is Cc1ccc(NC(=O)c2cccc(C(F)(F)F)c2)cc1Nc1nccn1-c1cc(Nc2ccc(N3CCOCC3)cc2)ncn1. The number of hydrogen-bond acceptors (Lipinski definition) is 8. The van der Waals surface area contributed by atoms with E-state index in [2.05, 4.69) is 47.9 Å². The first-order chi connectivity index (χ1) is 21.7. The number of halogens is 3. The highest BCUT2D eigenvalue weighted by molar-refractivity contribution is 6.04. The zero-order chi connectivity index (χ0) is 31.4. The number of ether oxygens (including phenoxy) is 1. The topological polar surface area (TPSA) is 109 Å². The molecule has 1 saturated heterocycles. The van der Waals surface area contributed by atoms with E-state index in [1.165, 1.54) is 18.5 Å². The molecule has 1 aliphatic heterocycles. The van der Waals surface area contributed by atoms with Crippen molar-refractivity contribution in [1.82, 2.24) is 19.5 Å². The lowest BCUT2D eigenvalue weighted by molar-refractivity contribution is -0.137. The molecular formula is C32H29F3N8O2. The second-order valence-corrected chi connectivity index (χ2v) is 10.3. The van der Waals surface area contributed by atoms with Crippen LogP contribution in [0.15, 0.2) is 91.5 Å². The second-order valence-electron chi connectivity index (χ2n) is 10.3. The van der Waals surface area contributed by atoms with Gasteiger partial charge in [0.1, 0.15) is 18.0 Å². The van der Waals surface area contributed by atoms with E-state index in [1.807, 2.05) is 19.1 Å². The number of imidazole rings is 1. The number of alkyl halides is 3. The van der Waals surface area contributed by atoms with Gasteiger partial charge in [0.05, 0.1) is 18.8 Å². The van der Waals surface area contributed by atoms with Crippen LogP contribution in [-0.2, 0) is 10.9 Å². The summed E-state index contributed by atoms with van der Waals surface area (Å²) in [5.41, 5.74) is 2.91. The minimum atomic E-state index is -4.55. The minimum absolute atomic E-state index is 0.100. The minimum Gasteiger partial charge on any atom is -0.378 e. The summed E-state index contributed by atoms with van der Waals surface area (Å²) in [6, 6.07) is 19.3. The van der Waals surface area contributed by atoms with Gasteiger partial charge in [-0.1, -0.05) is 12.1 Å². The number of carbonyl (C=O) groups is 1. The van der Waals surface area contributed by atoms with E-state index >= 15 is 0 Å². The van der Waals surface area contributed by atoms with Crippen molar-refractivity contribution >= 4 is 40.4 Å². The molecule has 1 aliphatic rings. The number of aromatic nitrogens is 4. The number of rotatable bonds is 8. The van der Waals surface area contributed by atoms with Crippen LogP contribution in [-0.4, -0.2) is 51.7 Å². The molecule has 3 heterocycles. The maximum absolute atomic E-state index is 13.1. The summed E-state index contributed by atoms with van der Waals surface area (Å²) in [7, 11) is 0. The zero-order valence-electron chi connectivity index (χ0n) is 24.2. The highest BCUT2D eigenvalue weighted by atomic mass is 19.4. The molecule has 0 bridgehead atoms. The molecule has 6 rings (SSSR count). The van der Waals surface area contributed by atoms with E-state index in [0.717, 1.165) is 55.4 Å². The standard InChI is InChI=1S/C32H29F3N8O2/c1-21-5-6-25(40-30(44)22-3-2-4-23(17-22)32(33,34)35)18-27(21)41-31-36-11-12-43(31)29-19-28(37-20-38-29)39-24-7-9-26(10-8-24)42-13-15-45-16-14-42/h2-12,17-20H,13-16H2,1H3,(H,36,41)(H,40,44)(H,37,38,39). The van der Waals surface area contributed by atoms with Gasteiger partial charge in [-0.15, -0.1) is 0 Å². The summed E-state index contributed by atoms with van der Waals surface area (Å²) in [6.45, 7) is 5.05. The maximum Gasteiger partial charge on any atom is 0.416 e. The average Bonchev–Trinajstić information content (AvgIpc) is 3.51. The molecule has 0 saturated carbocycles. The average molecular weight is 615 g/mol. The molecule has 0 aliphatic carbocycles. The van der Waals surface area contributed by atoms with Gasteiger partial charge >= 0.3 is 6.18 Å². The van der Waals surface area contributed by atoms with E-state index in [-0.39, 0.29) is 5.56 Å². The predicted molar refractivity (Wildman–Crippen MR) is 166 cm³/mol. The highest BCUT2D eigenvalue weighted by Crippen LogP contribution is 2.30.